The van der Waals surface area contributed by atoms with E-state index in [1.807, 2.05) is 43.3 Å². The van der Waals surface area contributed by atoms with Crippen LogP contribution in [0, 0.1) is 6.92 Å². The smallest absolute Gasteiger partial charge is 0.324 e. The predicted octanol–water partition coefficient (Wildman–Crippen LogP) is 3.14. The van der Waals surface area contributed by atoms with Crippen LogP contribution >= 0.6 is 11.8 Å². The number of aryl methyl sites for hydroxylation is 1. The highest BCUT2D eigenvalue weighted by Crippen LogP contribution is 2.34. The summed E-state index contributed by atoms with van der Waals surface area (Å²) in [6.07, 6.45) is 2.31. The van der Waals surface area contributed by atoms with Crippen LogP contribution in [0.25, 0.3) is 6.08 Å². The Hall–Kier alpha value is -3.79. The molecule has 5 rings (SSSR count). The Labute approximate surface area is 200 Å². The number of anilines is 1. The molecule has 1 saturated heterocycles. The highest BCUT2D eigenvalue weighted by Gasteiger charge is 2.32. The van der Waals surface area contributed by atoms with Crippen LogP contribution in [0.15, 0.2) is 53.2 Å². The fourth-order valence-corrected chi connectivity index (χ4v) is 4.68. The second-order valence-corrected chi connectivity index (χ2v) is 8.98. The van der Waals surface area contributed by atoms with Crippen molar-refractivity contribution in [2.24, 2.45) is 4.99 Å². The minimum atomic E-state index is -0.362. The van der Waals surface area contributed by atoms with Crippen molar-refractivity contribution < 1.29 is 23.9 Å². The van der Waals surface area contributed by atoms with Crippen molar-refractivity contribution in [2.45, 2.75) is 13.3 Å². The lowest BCUT2D eigenvalue weighted by atomic mass is 10.1. The molecular formula is C24H22N4O5S. The monoisotopic (exact) mass is 478 g/mol. The van der Waals surface area contributed by atoms with Crippen molar-refractivity contribution in [3.8, 4) is 11.5 Å². The van der Waals surface area contributed by atoms with Gasteiger partial charge in [0.05, 0.1) is 12.2 Å². The third-order valence-corrected chi connectivity index (χ3v) is 6.54. The van der Waals surface area contributed by atoms with Gasteiger partial charge in [0.2, 0.25) is 12.7 Å². The number of nitrogens with zero attached hydrogens (tertiary/aromatic N) is 3. The molecule has 2 aromatic rings. The van der Waals surface area contributed by atoms with Gasteiger partial charge in [-0.2, -0.15) is 0 Å². The summed E-state index contributed by atoms with van der Waals surface area (Å²) in [5.41, 5.74) is 2.91. The van der Waals surface area contributed by atoms with Crippen molar-refractivity contribution in [3.05, 3.63) is 59.3 Å². The summed E-state index contributed by atoms with van der Waals surface area (Å²) in [5, 5.41) is 3.07. The molecule has 34 heavy (non-hydrogen) atoms. The number of hydrogen-bond donors (Lipinski definition) is 1. The fraction of sp³-hybridized carbons (Fsp3) is 0.250. The zero-order valence-corrected chi connectivity index (χ0v) is 19.3. The molecule has 1 fully saturated rings. The van der Waals surface area contributed by atoms with E-state index in [1.54, 1.807) is 17.0 Å². The Morgan fingerprint density at radius 1 is 1.09 bits per heavy atom. The van der Waals surface area contributed by atoms with Gasteiger partial charge >= 0.3 is 6.03 Å². The van der Waals surface area contributed by atoms with Gasteiger partial charge in [0.1, 0.15) is 5.70 Å². The topological polar surface area (TPSA) is 101 Å². The number of benzene rings is 2. The summed E-state index contributed by atoms with van der Waals surface area (Å²) in [6.45, 7) is 2.53. The number of nitrogens with one attached hydrogen (secondary N) is 1. The summed E-state index contributed by atoms with van der Waals surface area (Å²) in [5.74, 6) is 1.44. The molecule has 0 unspecified atom stereocenters. The molecule has 0 aromatic heterocycles. The second-order valence-electron chi connectivity index (χ2n) is 7.92. The van der Waals surface area contributed by atoms with Gasteiger partial charge in [-0.25, -0.2) is 9.79 Å². The van der Waals surface area contributed by atoms with Crippen molar-refractivity contribution in [2.75, 3.05) is 30.5 Å². The number of carbonyl (C=O) groups is 3. The zero-order valence-electron chi connectivity index (χ0n) is 18.4. The third-order valence-electron chi connectivity index (χ3n) is 5.52. The Morgan fingerprint density at radius 3 is 2.65 bits per heavy atom. The molecule has 2 aromatic carbocycles. The molecule has 3 aliphatic heterocycles. The number of hydrogen-bond acceptors (Lipinski definition) is 7. The maximum Gasteiger partial charge on any atom is 0.324 e. The molecule has 3 heterocycles. The average molecular weight is 479 g/mol. The van der Waals surface area contributed by atoms with Crippen LogP contribution in [0.4, 0.5) is 10.5 Å². The standard InChI is InChI=1S/C24H22N4O5S/c1-15-3-6-17(7-4-15)28-22(30)18(11-16-5-8-19-20(12-16)33-14-32-19)26-24(28)34-10-2-9-27-21(29)13-25-23(27)31/h3-8,11-12H,2,9-10,13-14H2,1H3,(H,25,31)/b18-11-. The average Bonchev–Trinajstić information content (AvgIpc) is 3.51. The normalized spacial score (nSPS) is 18.2. The Balaban J connectivity index is 1.35. The maximum absolute atomic E-state index is 13.3. The van der Waals surface area contributed by atoms with E-state index in [1.165, 1.54) is 16.7 Å². The van der Waals surface area contributed by atoms with Crippen LogP contribution in [0.2, 0.25) is 0 Å². The highest BCUT2D eigenvalue weighted by molar-refractivity contribution is 8.14. The van der Waals surface area contributed by atoms with Gasteiger partial charge in [0, 0.05) is 12.3 Å². The first-order valence-electron chi connectivity index (χ1n) is 10.8. The summed E-state index contributed by atoms with van der Waals surface area (Å²) in [6, 6.07) is 12.8. The van der Waals surface area contributed by atoms with E-state index < -0.39 is 0 Å². The van der Waals surface area contributed by atoms with E-state index in [-0.39, 0.29) is 31.2 Å². The molecule has 3 aliphatic rings. The number of amides is 4. The van der Waals surface area contributed by atoms with Crippen molar-refractivity contribution >= 4 is 46.5 Å². The number of fused-ring (bicyclic) bond motifs is 1. The fourth-order valence-electron chi connectivity index (χ4n) is 3.74. The van der Waals surface area contributed by atoms with Crippen LogP contribution in [0.1, 0.15) is 17.5 Å². The molecule has 1 N–H and O–H groups in total. The summed E-state index contributed by atoms with van der Waals surface area (Å²) in [4.78, 5) is 44.2. The third kappa shape index (κ3) is 4.36. The molecule has 0 aliphatic carbocycles. The molecule has 0 bridgehead atoms. The number of imide groups is 1. The minimum absolute atomic E-state index is 0.0440. The van der Waals surface area contributed by atoms with Crippen LogP contribution in [-0.4, -0.2) is 53.5 Å². The van der Waals surface area contributed by atoms with Gasteiger partial charge < -0.3 is 14.8 Å². The quantitative estimate of drug-likeness (QED) is 0.389. The molecule has 0 spiro atoms. The predicted molar refractivity (Wildman–Crippen MR) is 129 cm³/mol. The van der Waals surface area contributed by atoms with Crippen molar-refractivity contribution in [3.63, 3.8) is 0 Å². The van der Waals surface area contributed by atoms with Gasteiger partial charge in [-0.1, -0.05) is 35.5 Å². The van der Waals surface area contributed by atoms with E-state index in [2.05, 4.69) is 10.3 Å². The number of urea groups is 1. The maximum atomic E-state index is 13.3. The van der Waals surface area contributed by atoms with Crippen molar-refractivity contribution in [1.82, 2.24) is 10.2 Å². The molecule has 0 atom stereocenters. The lowest BCUT2D eigenvalue weighted by Crippen LogP contribution is -2.32. The first kappa shape index (κ1) is 22.0. The Bertz CT molecular complexity index is 1210. The van der Waals surface area contributed by atoms with Crippen LogP contribution in [0.3, 0.4) is 0 Å². The number of rotatable bonds is 6. The molecule has 10 heteroatoms. The number of aliphatic imine (C=N–C) groups is 1. The minimum Gasteiger partial charge on any atom is -0.454 e. The second kappa shape index (κ2) is 9.22. The Kier molecular flexibility index (Phi) is 5.97. The van der Waals surface area contributed by atoms with Crippen LogP contribution in [-0.2, 0) is 9.59 Å². The zero-order chi connectivity index (χ0) is 23.7. The Morgan fingerprint density at radius 2 is 1.88 bits per heavy atom. The van der Waals surface area contributed by atoms with Crippen LogP contribution < -0.4 is 19.7 Å². The van der Waals surface area contributed by atoms with Gasteiger partial charge in [-0.05, 0) is 49.2 Å². The molecular weight excluding hydrogens is 456 g/mol. The first-order valence-corrected chi connectivity index (χ1v) is 11.8. The molecule has 0 saturated carbocycles. The van der Waals surface area contributed by atoms with Gasteiger partial charge in [-0.15, -0.1) is 0 Å². The number of thioether (sulfide) groups is 1. The molecule has 4 amide bonds. The van der Waals surface area contributed by atoms with Gasteiger partial charge in [-0.3, -0.25) is 19.4 Å². The van der Waals surface area contributed by atoms with Gasteiger partial charge in [0.25, 0.3) is 5.91 Å². The van der Waals surface area contributed by atoms with E-state index in [0.717, 1.165) is 16.8 Å². The highest BCUT2D eigenvalue weighted by atomic mass is 32.2. The number of ether oxygens (including phenoxy) is 2. The largest absolute Gasteiger partial charge is 0.454 e. The first-order chi connectivity index (χ1) is 16.5. The molecule has 9 nitrogen and oxygen atoms in total. The van der Waals surface area contributed by atoms with E-state index in [9.17, 15) is 14.4 Å². The number of amidine groups is 1. The van der Waals surface area contributed by atoms with Gasteiger partial charge in [0.15, 0.2) is 16.7 Å². The lowest BCUT2D eigenvalue weighted by molar-refractivity contribution is -0.125. The molecule has 0 radical (unpaired) electrons. The van der Waals surface area contributed by atoms with E-state index in [0.29, 0.717) is 41.1 Å². The summed E-state index contributed by atoms with van der Waals surface area (Å²) < 4.78 is 10.8. The van der Waals surface area contributed by atoms with Crippen LogP contribution in [0.5, 0.6) is 11.5 Å². The summed E-state index contributed by atoms with van der Waals surface area (Å²) in [7, 11) is 0. The number of carbonyl (C=O) groups excluding carboxylic acids is 3. The summed E-state index contributed by atoms with van der Waals surface area (Å²) >= 11 is 1.42. The lowest BCUT2D eigenvalue weighted by Gasteiger charge is -2.18. The van der Waals surface area contributed by atoms with E-state index >= 15 is 0 Å². The van der Waals surface area contributed by atoms with E-state index in [4.69, 9.17) is 9.47 Å². The molecule has 174 valence electrons. The SMILES string of the molecule is Cc1ccc(N2C(=O)/C(=C/c3ccc4c(c3)OCO4)N=C2SCCCN2C(=O)CNC2=O)cc1. The van der Waals surface area contributed by atoms with Crippen molar-refractivity contribution in [1.29, 1.82) is 0 Å².